The molecule has 0 spiro atoms. The van der Waals surface area contributed by atoms with Gasteiger partial charge in [0.25, 0.3) is 0 Å². The molecule has 0 saturated carbocycles. The van der Waals surface area contributed by atoms with Gasteiger partial charge in [0, 0.05) is 54.3 Å². The van der Waals surface area contributed by atoms with Crippen LogP contribution >= 0.6 is 0 Å². The van der Waals surface area contributed by atoms with Gasteiger partial charge in [0.15, 0.2) is 0 Å². The number of benzene rings is 9. The molecule has 0 fully saturated rings. The summed E-state index contributed by atoms with van der Waals surface area (Å²) in [6.45, 7) is 0. The SMILES string of the molecule is c1ccc2c(c1)ccc1c2c2cc(-n3c4ccccc4c4ccc5ccccc5c43)ccc2n1-c1nc(-c2cccc3oc4ccccc4c23)c2ccccc2n1. The summed E-state index contributed by atoms with van der Waals surface area (Å²) in [5.74, 6) is 0.624. The highest BCUT2D eigenvalue weighted by molar-refractivity contribution is 6.23. The average Bonchev–Trinajstić information content (AvgIpc) is 3.94. The molecule has 264 valence electrons. The van der Waals surface area contributed by atoms with Crippen molar-refractivity contribution in [2.75, 3.05) is 0 Å². The Morgan fingerprint density at radius 1 is 0.386 bits per heavy atom. The van der Waals surface area contributed by atoms with Crippen LogP contribution in [0.15, 0.2) is 186 Å². The van der Waals surface area contributed by atoms with Crippen LogP contribution in [0.5, 0.6) is 0 Å². The highest BCUT2D eigenvalue weighted by Crippen LogP contribution is 2.43. The third kappa shape index (κ3) is 4.23. The number of nitrogens with zero attached hydrogens (tertiary/aromatic N) is 4. The zero-order valence-corrected chi connectivity index (χ0v) is 30.5. The van der Waals surface area contributed by atoms with Crippen LogP contribution in [0.1, 0.15) is 0 Å². The van der Waals surface area contributed by atoms with Gasteiger partial charge in [-0.25, -0.2) is 9.97 Å². The molecule has 13 rings (SSSR count). The normalized spacial score (nSPS) is 12.2. The Morgan fingerprint density at radius 2 is 1.05 bits per heavy atom. The first-order valence-corrected chi connectivity index (χ1v) is 19.3. The Kier molecular flexibility index (Phi) is 6.10. The van der Waals surface area contributed by atoms with E-state index in [2.05, 4.69) is 173 Å². The summed E-state index contributed by atoms with van der Waals surface area (Å²) in [7, 11) is 0. The van der Waals surface area contributed by atoms with E-state index in [1.807, 2.05) is 18.2 Å². The van der Waals surface area contributed by atoms with Crippen LogP contribution in [0, 0.1) is 0 Å². The molecule has 0 saturated heterocycles. The molecule has 0 bridgehead atoms. The van der Waals surface area contributed by atoms with E-state index < -0.39 is 0 Å². The van der Waals surface area contributed by atoms with Gasteiger partial charge in [-0.05, 0) is 64.7 Å². The first kappa shape index (κ1) is 30.6. The van der Waals surface area contributed by atoms with E-state index >= 15 is 0 Å². The average molecular weight is 727 g/mol. The molecule has 4 heterocycles. The van der Waals surface area contributed by atoms with E-state index in [0.717, 1.165) is 66.2 Å². The summed E-state index contributed by atoms with van der Waals surface area (Å²) in [6.07, 6.45) is 0. The lowest BCUT2D eigenvalue weighted by Gasteiger charge is -2.13. The van der Waals surface area contributed by atoms with Crippen LogP contribution in [0.25, 0.3) is 121 Å². The maximum atomic E-state index is 6.35. The van der Waals surface area contributed by atoms with Crippen molar-refractivity contribution in [1.82, 2.24) is 19.1 Å². The lowest BCUT2D eigenvalue weighted by atomic mass is 10.0. The second-order valence-corrected chi connectivity index (χ2v) is 14.9. The predicted octanol–water partition coefficient (Wildman–Crippen LogP) is 13.7. The highest BCUT2D eigenvalue weighted by atomic mass is 16.3. The largest absolute Gasteiger partial charge is 0.456 e. The minimum absolute atomic E-state index is 0.624. The van der Waals surface area contributed by atoms with Gasteiger partial charge in [-0.3, -0.25) is 4.57 Å². The monoisotopic (exact) mass is 726 g/mol. The first-order valence-electron chi connectivity index (χ1n) is 19.3. The van der Waals surface area contributed by atoms with Gasteiger partial charge >= 0.3 is 0 Å². The van der Waals surface area contributed by atoms with Crippen molar-refractivity contribution in [2.24, 2.45) is 0 Å². The van der Waals surface area contributed by atoms with E-state index in [1.165, 1.54) is 48.7 Å². The van der Waals surface area contributed by atoms with Crippen LogP contribution in [0.4, 0.5) is 0 Å². The topological polar surface area (TPSA) is 48.8 Å². The molecule has 13 aromatic rings. The van der Waals surface area contributed by atoms with Crippen LogP contribution in [-0.2, 0) is 0 Å². The van der Waals surface area contributed by atoms with E-state index in [9.17, 15) is 0 Å². The molecule has 5 nitrogen and oxygen atoms in total. The molecular weight excluding hydrogens is 697 g/mol. The van der Waals surface area contributed by atoms with Gasteiger partial charge in [-0.15, -0.1) is 0 Å². The van der Waals surface area contributed by atoms with E-state index in [0.29, 0.717) is 5.95 Å². The number of rotatable bonds is 3. The van der Waals surface area contributed by atoms with Crippen LogP contribution in [0.2, 0.25) is 0 Å². The number of aromatic nitrogens is 4. The molecule has 9 aromatic carbocycles. The Balaban J connectivity index is 1.14. The Hall–Kier alpha value is -7.76. The molecule has 0 aliphatic heterocycles. The Morgan fingerprint density at radius 3 is 1.95 bits per heavy atom. The maximum absolute atomic E-state index is 6.35. The Labute approximate surface area is 325 Å². The van der Waals surface area contributed by atoms with Gasteiger partial charge in [0.2, 0.25) is 5.95 Å². The molecular formula is C52H30N4O. The zero-order valence-electron chi connectivity index (χ0n) is 30.5. The van der Waals surface area contributed by atoms with Crippen molar-refractivity contribution >= 4 is 98.0 Å². The summed E-state index contributed by atoms with van der Waals surface area (Å²) in [6, 6.07) is 64.8. The second-order valence-electron chi connectivity index (χ2n) is 14.9. The van der Waals surface area contributed by atoms with E-state index in [1.54, 1.807) is 0 Å². The van der Waals surface area contributed by atoms with Gasteiger partial charge in [0.1, 0.15) is 11.2 Å². The second kappa shape index (κ2) is 11.4. The lowest BCUT2D eigenvalue weighted by molar-refractivity contribution is 0.669. The van der Waals surface area contributed by atoms with Crippen LogP contribution in [0.3, 0.4) is 0 Å². The fourth-order valence-electron chi connectivity index (χ4n) is 9.47. The molecule has 0 aliphatic carbocycles. The fraction of sp³-hybridized carbons (Fsp3) is 0. The number of para-hydroxylation sites is 3. The highest BCUT2D eigenvalue weighted by Gasteiger charge is 2.22. The minimum Gasteiger partial charge on any atom is -0.456 e. The van der Waals surface area contributed by atoms with Crippen molar-refractivity contribution in [1.29, 1.82) is 0 Å². The first-order chi connectivity index (χ1) is 28.3. The van der Waals surface area contributed by atoms with Gasteiger partial charge in [-0.1, -0.05) is 133 Å². The van der Waals surface area contributed by atoms with Crippen molar-refractivity contribution < 1.29 is 4.42 Å². The summed E-state index contributed by atoms with van der Waals surface area (Å²) < 4.78 is 11.1. The molecule has 0 atom stereocenters. The standard InChI is InChI=1S/C52H30N4O/c1-3-14-34-31(12-1)25-28-45-48(34)41-30-33(55-43-21-9-6-16-36(43)37-27-24-32-13-2-4-15-35(32)51(37)55)26-29-44(41)56(45)52-53-42-20-8-5-17-38(42)50(54-52)40-19-11-23-47-49(40)39-18-7-10-22-46(39)57-47/h1-30H. The van der Waals surface area contributed by atoms with Crippen molar-refractivity contribution in [3.63, 3.8) is 0 Å². The smallest absolute Gasteiger partial charge is 0.235 e. The molecule has 0 aliphatic rings. The fourth-order valence-corrected chi connectivity index (χ4v) is 9.47. The third-order valence-electron chi connectivity index (χ3n) is 11.9. The van der Waals surface area contributed by atoms with E-state index in [4.69, 9.17) is 14.4 Å². The Bertz CT molecular complexity index is 3830. The zero-order chi connectivity index (χ0) is 37.2. The third-order valence-corrected chi connectivity index (χ3v) is 11.9. The predicted molar refractivity (Wildman–Crippen MR) is 236 cm³/mol. The van der Waals surface area contributed by atoms with Crippen molar-refractivity contribution in [3.8, 4) is 22.9 Å². The van der Waals surface area contributed by atoms with Gasteiger partial charge in [-0.2, -0.15) is 0 Å². The molecule has 4 aromatic heterocycles. The number of hydrogen-bond donors (Lipinski definition) is 0. The number of furan rings is 1. The lowest BCUT2D eigenvalue weighted by Crippen LogP contribution is -2.03. The molecule has 0 amide bonds. The molecule has 57 heavy (non-hydrogen) atoms. The van der Waals surface area contributed by atoms with Crippen molar-refractivity contribution in [2.45, 2.75) is 0 Å². The van der Waals surface area contributed by atoms with Gasteiger partial charge < -0.3 is 8.98 Å². The van der Waals surface area contributed by atoms with Crippen LogP contribution < -0.4 is 0 Å². The summed E-state index contributed by atoms with van der Waals surface area (Å²) in [4.78, 5) is 10.8. The number of fused-ring (bicyclic) bond motifs is 14. The minimum atomic E-state index is 0.624. The summed E-state index contributed by atoms with van der Waals surface area (Å²) >= 11 is 0. The maximum Gasteiger partial charge on any atom is 0.235 e. The summed E-state index contributed by atoms with van der Waals surface area (Å²) in [5.41, 5.74) is 10.1. The quantitative estimate of drug-likeness (QED) is 0.182. The van der Waals surface area contributed by atoms with Crippen molar-refractivity contribution in [3.05, 3.63) is 182 Å². The molecule has 5 heteroatoms. The molecule has 0 radical (unpaired) electrons. The number of hydrogen-bond acceptors (Lipinski definition) is 3. The van der Waals surface area contributed by atoms with E-state index in [-0.39, 0.29) is 0 Å². The van der Waals surface area contributed by atoms with Crippen LogP contribution in [-0.4, -0.2) is 19.1 Å². The molecule has 0 unspecified atom stereocenters. The summed E-state index contributed by atoms with van der Waals surface area (Å²) in [5, 5.41) is 12.8. The molecule has 0 N–H and O–H groups in total. The van der Waals surface area contributed by atoms with Gasteiger partial charge in [0.05, 0.1) is 33.3 Å².